The third kappa shape index (κ3) is 2.08. The highest BCUT2D eigenvalue weighted by atomic mass is 16.1. The van der Waals surface area contributed by atoms with Crippen LogP contribution in [0.2, 0.25) is 0 Å². The van der Waals surface area contributed by atoms with Gasteiger partial charge in [-0.15, -0.1) is 0 Å². The van der Waals surface area contributed by atoms with Crippen molar-refractivity contribution in [2.24, 2.45) is 7.05 Å². The van der Waals surface area contributed by atoms with Gasteiger partial charge < -0.3 is 0 Å². The minimum atomic E-state index is 0.000428. The van der Waals surface area contributed by atoms with Gasteiger partial charge in [0.2, 0.25) is 0 Å². The zero-order chi connectivity index (χ0) is 12.1. The molecule has 0 aliphatic heterocycles. The zero-order valence-corrected chi connectivity index (χ0v) is 9.94. The molecular weight excluding hydrogens is 200 g/mol. The monoisotopic (exact) mass is 218 g/mol. The minimum absolute atomic E-state index is 0.000428. The third-order valence-electron chi connectivity index (χ3n) is 2.46. The maximum absolute atomic E-state index is 11.9. The van der Waals surface area contributed by atoms with Gasteiger partial charge in [-0.05, 0) is 18.6 Å². The highest BCUT2D eigenvalue weighted by Gasteiger charge is 2.11. The van der Waals surface area contributed by atoms with Crippen LogP contribution in [0.25, 0.3) is 12.2 Å². The normalized spacial score (nSPS) is 10.9. The van der Waals surface area contributed by atoms with Crippen molar-refractivity contribution in [1.29, 1.82) is 0 Å². The lowest BCUT2D eigenvalue weighted by Gasteiger charge is -2.01. The van der Waals surface area contributed by atoms with E-state index in [4.69, 9.17) is 0 Å². The van der Waals surface area contributed by atoms with Crippen LogP contribution in [0.4, 0.5) is 0 Å². The maximum Gasteiger partial charge on any atom is 0.328 e. The molecule has 1 aromatic rings. The van der Waals surface area contributed by atoms with Gasteiger partial charge in [-0.25, -0.2) is 4.79 Å². The highest BCUT2D eigenvalue weighted by Crippen LogP contribution is 2.11. The lowest BCUT2D eigenvalue weighted by atomic mass is 10.2. The first-order chi connectivity index (χ1) is 7.67. The Balaban J connectivity index is 3.45. The number of allylic oxidation sites excluding steroid dienone is 2. The van der Waals surface area contributed by atoms with Crippen molar-refractivity contribution in [1.82, 2.24) is 9.13 Å². The first-order valence-corrected chi connectivity index (χ1v) is 5.38. The second kappa shape index (κ2) is 5.35. The molecule has 0 spiro atoms. The van der Waals surface area contributed by atoms with Crippen LogP contribution in [-0.4, -0.2) is 9.13 Å². The predicted octanol–water partition coefficient (Wildman–Crippen LogP) is 2.44. The Bertz CT molecular complexity index is 475. The molecule has 0 radical (unpaired) electrons. The van der Waals surface area contributed by atoms with Crippen LogP contribution in [0.1, 0.15) is 24.7 Å². The van der Waals surface area contributed by atoms with Crippen molar-refractivity contribution in [3.05, 3.63) is 47.2 Å². The summed E-state index contributed by atoms with van der Waals surface area (Å²) in [5.74, 6) is 0. The molecule has 0 amide bonds. The third-order valence-corrected chi connectivity index (χ3v) is 2.46. The number of hydrogen-bond donors (Lipinski definition) is 0. The van der Waals surface area contributed by atoms with Gasteiger partial charge in [-0.2, -0.15) is 0 Å². The Kier molecular flexibility index (Phi) is 4.11. The second-order valence-corrected chi connectivity index (χ2v) is 3.56. The summed E-state index contributed by atoms with van der Waals surface area (Å²) in [6, 6.07) is 0. The van der Waals surface area contributed by atoms with Crippen molar-refractivity contribution >= 4 is 12.2 Å². The van der Waals surface area contributed by atoms with Crippen LogP contribution < -0.4 is 5.69 Å². The minimum Gasteiger partial charge on any atom is -0.295 e. The van der Waals surface area contributed by atoms with Gasteiger partial charge >= 0.3 is 5.69 Å². The van der Waals surface area contributed by atoms with Crippen LogP contribution in [-0.2, 0) is 13.6 Å². The summed E-state index contributed by atoms with van der Waals surface area (Å²) in [5, 5.41) is 0. The lowest BCUT2D eigenvalue weighted by molar-refractivity contribution is 0.633. The van der Waals surface area contributed by atoms with E-state index in [1.165, 1.54) is 0 Å². The van der Waals surface area contributed by atoms with Crippen LogP contribution in [0.15, 0.2) is 30.1 Å². The van der Waals surface area contributed by atoms with Gasteiger partial charge in [-0.1, -0.05) is 32.2 Å². The van der Waals surface area contributed by atoms with E-state index in [2.05, 4.69) is 13.2 Å². The summed E-state index contributed by atoms with van der Waals surface area (Å²) in [7, 11) is 1.76. The van der Waals surface area contributed by atoms with Gasteiger partial charge in [0.15, 0.2) is 0 Å². The van der Waals surface area contributed by atoms with Gasteiger partial charge in [0.05, 0.1) is 11.4 Å². The van der Waals surface area contributed by atoms with Gasteiger partial charge in [-0.3, -0.25) is 9.13 Å². The lowest BCUT2D eigenvalue weighted by Crippen LogP contribution is -2.22. The maximum atomic E-state index is 11.9. The van der Waals surface area contributed by atoms with Crippen LogP contribution in [0, 0.1) is 0 Å². The molecule has 86 valence electrons. The summed E-state index contributed by atoms with van der Waals surface area (Å²) in [5.41, 5.74) is 1.74. The molecule has 0 unspecified atom stereocenters. The molecule has 0 saturated carbocycles. The van der Waals surface area contributed by atoms with Gasteiger partial charge in [0, 0.05) is 13.6 Å². The Morgan fingerprint density at radius 3 is 2.50 bits per heavy atom. The fourth-order valence-electron chi connectivity index (χ4n) is 1.71. The number of imidazole rings is 1. The van der Waals surface area contributed by atoms with E-state index in [0.717, 1.165) is 24.4 Å². The molecule has 1 rings (SSSR count). The van der Waals surface area contributed by atoms with Crippen LogP contribution in [0.3, 0.4) is 0 Å². The molecule has 1 aromatic heterocycles. The Hall–Kier alpha value is -1.77. The average molecular weight is 218 g/mol. The molecule has 1 heterocycles. The average Bonchev–Trinajstić information content (AvgIpc) is 2.51. The standard InChI is InChI=1S/C13H18N2O/c1-5-8-9-12-11(7-3)14(4)13(16)15(12)10-6-2/h5,7-9H,1,3,6,10H2,2,4H3/b9-8-. The van der Waals surface area contributed by atoms with E-state index in [1.807, 2.05) is 19.1 Å². The van der Waals surface area contributed by atoms with Crippen molar-refractivity contribution in [2.75, 3.05) is 0 Å². The Labute approximate surface area is 96.0 Å². The number of rotatable bonds is 5. The summed E-state index contributed by atoms with van der Waals surface area (Å²) in [4.78, 5) is 11.9. The molecular formula is C13H18N2O. The van der Waals surface area contributed by atoms with E-state index in [1.54, 1.807) is 28.3 Å². The zero-order valence-electron chi connectivity index (χ0n) is 9.94. The van der Waals surface area contributed by atoms with Crippen LogP contribution >= 0.6 is 0 Å². The summed E-state index contributed by atoms with van der Waals surface area (Å²) in [6.07, 6.45) is 8.04. The first kappa shape index (κ1) is 12.3. The summed E-state index contributed by atoms with van der Waals surface area (Å²) < 4.78 is 3.38. The molecule has 0 aromatic carbocycles. The quantitative estimate of drug-likeness (QED) is 0.697. The first-order valence-electron chi connectivity index (χ1n) is 5.38. The largest absolute Gasteiger partial charge is 0.328 e. The summed E-state index contributed by atoms with van der Waals surface area (Å²) in [6.45, 7) is 10.1. The molecule has 0 bridgehead atoms. The smallest absolute Gasteiger partial charge is 0.295 e. The van der Waals surface area contributed by atoms with Crippen LogP contribution in [0.5, 0.6) is 0 Å². The topological polar surface area (TPSA) is 26.9 Å². The van der Waals surface area contributed by atoms with E-state index < -0.39 is 0 Å². The Morgan fingerprint density at radius 1 is 1.31 bits per heavy atom. The molecule has 0 atom stereocenters. The van der Waals surface area contributed by atoms with E-state index in [-0.39, 0.29) is 5.69 Å². The van der Waals surface area contributed by atoms with Crippen molar-refractivity contribution < 1.29 is 0 Å². The molecule has 3 nitrogen and oxygen atoms in total. The second-order valence-electron chi connectivity index (χ2n) is 3.56. The van der Waals surface area contributed by atoms with E-state index in [0.29, 0.717) is 0 Å². The SMILES string of the molecule is C=C/C=C\c1c(C=C)n(C)c(=O)n1CCC. The van der Waals surface area contributed by atoms with E-state index in [9.17, 15) is 4.79 Å². The molecule has 16 heavy (non-hydrogen) atoms. The fourth-order valence-corrected chi connectivity index (χ4v) is 1.71. The molecule has 0 saturated heterocycles. The Morgan fingerprint density at radius 2 is 2.00 bits per heavy atom. The molecule has 0 aliphatic carbocycles. The van der Waals surface area contributed by atoms with Crippen molar-refractivity contribution in [2.45, 2.75) is 19.9 Å². The number of hydrogen-bond acceptors (Lipinski definition) is 1. The van der Waals surface area contributed by atoms with Gasteiger partial charge in [0.1, 0.15) is 0 Å². The van der Waals surface area contributed by atoms with Crippen molar-refractivity contribution in [3.63, 3.8) is 0 Å². The fraction of sp³-hybridized carbons (Fsp3) is 0.308. The summed E-state index contributed by atoms with van der Waals surface area (Å²) >= 11 is 0. The van der Waals surface area contributed by atoms with Gasteiger partial charge in [0.25, 0.3) is 0 Å². The van der Waals surface area contributed by atoms with E-state index >= 15 is 0 Å². The predicted molar refractivity (Wildman–Crippen MR) is 69.3 cm³/mol. The number of aromatic nitrogens is 2. The molecule has 0 fully saturated rings. The highest BCUT2D eigenvalue weighted by molar-refractivity contribution is 5.60. The molecule has 3 heteroatoms. The molecule has 0 aliphatic rings. The van der Waals surface area contributed by atoms with Crippen molar-refractivity contribution in [3.8, 4) is 0 Å². The molecule has 0 N–H and O–H groups in total. The number of nitrogens with zero attached hydrogens (tertiary/aromatic N) is 2.